The number of nitro benzene ring substituents is 1. The van der Waals surface area contributed by atoms with Gasteiger partial charge in [0.1, 0.15) is 17.2 Å². The molecule has 0 spiro atoms. The van der Waals surface area contributed by atoms with Crippen LogP contribution in [-0.4, -0.2) is 40.0 Å². The van der Waals surface area contributed by atoms with Crippen LogP contribution >= 0.6 is 0 Å². The molecular formula is C20H28N2O7. The number of esters is 2. The molecule has 1 atom stereocenters. The minimum absolute atomic E-state index is 0.0114. The Bertz CT molecular complexity index is 759. The molecule has 0 bridgehead atoms. The fraction of sp³-hybridized carbons (Fsp3) is 0.550. The normalized spacial score (nSPS) is 12.6. The van der Waals surface area contributed by atoms with Crippen LogP contribution in [0.15, 0.2) is 24.3 Å². The molecule has 1 amide bonds. The highest BCUT2D eigenvalue weighted by atomic mass is 16.6. The van der Waals surface area contributed by atoms with Gasteiger partial charge in [-0.05, 0) is 60.1 Å². The Morgan fingerprint density at radius 2 is 1.52 bits per heavy atom. The van der Waals surface area contributed by atoms with Crippen LogP contribution in [0.25, 0.3) is 0 Å². The first-order valence-electron chi connectivity index (χ1n) is 9.18. The van der Waals surface area contributed by atoms with E-state index in [2.05, 4.69) is 5.32 Å². The monoisotopic (exact) mass is 408 g/mol. The van der Waals surface area contributed by atoms with Crippen molar-refractivity contribution in [3.63, 3.8) is 0 Å². The molecule has 1 N–H and O–H groups in total. The third-order valence-electron chi connectivity index (χ3n) is 3.39. The number of ether oxygens (including phenoxy) is 2. The lowest BCUT2D eigenvalue weighted by Crippen LogP contribution is -2.44. The number of nitrogens with one attached hydrogen (secondary N) is 1. The second-order valence-corrected chi connectivity index (χ2v) is 8.49. The molecule has 0 aliphatic heterocycles. The summed E-state index contributed by atoms with van der Waals surface area (Å²) in [5.41, 5.74) is -1.46. The quantitative estimate of drug-likeness (QED) is 0.417. The van der Waals surface area contributed by atoms with E-state index in [9.17, 15) is 24.5 Å². The van der Waals surface area contributed by atoms with E-state index in [1.165, 1.54) is 24.3 Å². The van der Waals surface area contributed by atoms with Crippen molar-refractivity contribution in [1.82, 2.24) is 5.32 Å². The Morgan fingerprint density at radius 1 is 1.00 bits per heavy atom. The number of nitrogens with zero attached hydrogens (tertiary/aromatic N) is 1. The van der Waals surface area contributed by atoms with E-state index in [1.54, 1.807) is 41.5 Å². The van der Waals surface area contributed by atoms with Gasteiger partial charge in [0.25, 0.3) is 11.6 Å². The van der Waals surface area contributed by atoms with Crippen molar-refractivity contribution < 1.29 is 28.8 Å². The first-order chi connectivity index (χ1) is 13.2. The summed E-state index contributed by atoms with van der Waals surface area (Å²) in [6, 6.07) is 3.88. The van der Waals surface area contributed by atoms with Crippen LogP contribution in [0.5, 0.6) is 0 Å². The van der Waals surface area contributed by atoms with Crippen molar-refractivity contribution in [2.75, 3.05) is 0 Å². The van der Waals surface area contributed by atoms with E-state index in [-0.39, 0.29) is 24.1 Å². The first-order valence-corrected chi connectivity index (χ1v) is 9.18. The Hall–Kier alpha value is -2.97. The van der Waals surface area contributed by atoms with Gasteiger partial charge in [0.15, 0.2) is 0 Å². The summed E-state index contributed by atoms with van der Waals surface area (Å²) in [5, 5.41) is 13.3. The van der Waals surface area contributed by atoms with Crippen molar-refractivity contribution in [1.29, 1.82) is 0 Å². The molecule has 0 aliphatic rings. The van der Waals surface area contributed by atoms with E-state index in [0.717, 1.165) is 0 Å². The van der Waals surface area contributed by atoms with E-state index in [4.69, 9.17) is 9.47 Å². The van der Waals surface area contributed by atoms with Crippen molar-refractivity contribution in [3.05, 3.63) is 39.9 Å². The van der Waals surface area contributed by atoms with E-state index < -0.39 is 40.0 Å². The number of hydrogen-bond acceptors (Lipinski definition) is 7. The lowest BCUT2D eigenvalue weighted by molar-refractivity contribution is -0.384. The molecule has 0 saturated carbocycles. The Kier molecular flexibility index (Phi) is 7.87. The largest absolute Gasteiger partial charge is 0.460 e. The highest BCUT2D eigenvalue weighted by molar-refractivity contribution is 5.97. The van der Waals surface area contributed by atoms with Crippen LogP contribution in [0.4, 0.5) is 5.69 Å². The van der Waals surface area contributed by atoms with E-state index >= 15 is 0 Å². The molecule has 0 aliphatic carbocycles. The van der Waals surface area contributed by atoms with Crippen LogP contribution in [0, 0.1) is 10.1 Å². The van der Waals surface area contributed by atoms with Gasteiger partial charge in [-0.3, -0.25) is 19.7 Å². The number of carbonyl (C=O) groups is 3. The Morgan fingerprint density at radius 3 is 1.97 bits per heavy atom. The van der Waals surface area contributed by atoms with Crippen LogP contribution in [0.2, 0.25) is 0 Å². The maximum absolute atomic E-state index is 12.5. The van der Waals surface area contributed by atoms with Gasteiger partial charge in [-0.2, -0.15) is 0 Å². The molecule has 0 fully saturated rings. The molecule has 9 heteroatoms. The number of non-ortho nitro benzene ring substituents is 1. The fourth-order valence-corrected chi connectivity index (χ4v) is 2.25. The van der Waals surface area contributed by atoms with Gasteiger partial charge in [-0.15, -0.1) is 0 Å². The minimum Gasteiger partial charge on any atom is -0.460 e. The van der Waals surface area contributed by atoms with Crippen LogP contribution in [0.1, 0.15) is 64.7 Å². The lowest BCUT2D eigenvalue weighted by Gasteiger charge is -2.25. The van der Waals surface area contributed by atoms with Gasteiger partial charge >= 0.3 is 11.9 Å². The molecule has 29 heavy (non-hydrogen) atoms. The fourth-order valence-electron chi connectivity index (χ4n) is 2.25. The van der Waals surface area contributed by atoms with Crippen molar-refractivity contribution in [3.8, 4) is 0 Å². The molecule has 1 aromatic carbocycles. The molecule has 9 nitrogen and oxygen atoms in total. The SMILES string of the molecule is CC(C)(C)OC(=O)CC[C@H](NC(=O)c1ccc([N+](=O)[O-])cc1)C(=O)OC(C)(C)C. The third kappa shape index (κ3) is 9.18. The highest BCUT2D eigenvalue weighted by Crippen LogP contribution is 2.15. The number of carbonyl (C=O) groups excluding carboxylic acids is 3. The van der Waals surface area contributed by atoms with Crippen molar-refractivity contribution in [2.24, 2.45) is 0 Å². The zero-order valence-electron chi connectivity index (χ0n) is 17.6. The summed E-state index contributed by atoms with van der Waals surface area (Å²) in [6.07, 6.45) is -0.107. The molecule has 1 aromatic rings. The molecule has 160 valence electrons. The molecular weight excluding hydrogens is 380 g/mol. The van der Waals surface area contributed by atoms with Crippen molar-refractivity contribution in [2.45, 2.75) is 71.6 Å². The minimum atomic E-state index is -1.08. The molecule has 0 radical (unpaired) electrons. The highest BCUT2D eigenvalue weighted by Gasteiger charge is 2.28. The summed E-state index contributed by atoms with van der Waals surface area (Å²) in [6.45, 7) is 10.3. The average molecular weight is 408 g/mol. The number of amides is 1. The van der Waals surface area contributed by atoms with Crippen LogP contribution < -0.4 is 5.32 Å². The number of hydrogen-bond donors (Lipinski definition) is 1. The molecule has 0 aromatic heterocycles. The maximum Gasteiger partial charge on any atom is 0.329 e. The molecule has 0 unspecified atom stereocenters. The summed E-state index contributed by atoms with van der Waals surface area (Å²) >= 11 is 0. The predicted octanol–water partition coefficient (Wildman–Crippen LogP) is 3.16. The molecule has 1 rings (SSSR count). The lowest BCUT2D eigenvalue weighted by atomic mass is 10.1. The topological polar surface area (TPSA) is 125 Å². The maximum atomic E-state index is 12.5. The number of nitro groups is 1. The van der Waals surface area contributed by atoms with Crippen molar-refractivity contribution >= 4 is 23.5 Å². The van der Waals surface area contributed by atoms with Gasteiger partial charge in [0, 0.05) is 24.1 Å². The van der Waals surface area contributed by atoms with Gasteiger partial charge in [0.2, 0.25) is 0 Å². The van der Waals surface area contributed by atoms with Crippen LogP contribution in [-0.2, 0) is 19.1 Å². The average Bonchev–Trinajstić information content (AvgIpc) is 2.55. The van der Waals surface area contributed by atoms with E-state index in [0.29, 0.717) is 0 Å². The number of benzene rings is 1. The van der Waals surface area contributed by atoms with Gasteiger partial charge in [-0.1, -0.05) is 0 Å². The summed E-state index contributed by atoms with van der Waals surface area (Å²) in [7, 11) is 0. The van der Waals surface area contributed by atoms with E-state index in [1.807, 2.05) is 0 Å². The smallest absolute Gasteiger partial charge is 0.329 e. The molecule has 0 saturated heterocycles. The van der Waals surface area contributed by atoms with Crippen LogP contribution in [0.3, 0.4) is 0 Å². The molecule has 0 heterocycles. The summed E-state index contributed by atoms with van der Waals surface area (Å²) in [5.74, 6) is -1.80. The summed E-state index contributed by atoms with van der Waals surface area (Å²) in [4.78, 5) is 47.1. The standard InChI is InChI=1S/C20H28N2O7/c1-19(2,3)28-16(23)12-11-15(18(25)29-20(4,5)6)21-17(24)13-7-9-14(10-8-13)22(26)27/h7-10,15H,11-12H2,1-6H3,(H,21,24)/t15-/m0/s1. The first kappa shape index (κ1) is 24.1. The predicted molar refractivity (Wildman–Crippen MR) is 105 cm³/mol. The second kappa shape index (κ2) is 9.49. The van der Waals surface area contributed by atoms with Gasteiger partial charge in [-0.25, -0.2) is 4.79 Å². The van der Waals surface area contributed by atoms with Gasteiger partial charge < -0.3 is 14.8 Å². The zero-order chi connectivity index (χ0) is 22.4. The van der Waals surface area contributed by atoms with Gasteiger partial charge in [0.05, 0.1) is 4.92 Å². The zero-order valence-corrected chi connectivity index (χ0v) is 17.6. The number of rotatable bonds is 7. The Labute approximate surface area is 169 Å². The summed E-state index contributed by atoms with van der Waals surface area (Å²) < 4.78 is 10.6. The third-order valence-corrected chi connectivity index (χ3v) is 3.39. The second-order valence-electron chi connectivity index (χ2n) is 8.49. The Balaban J connectivity index is 2.89.